The Labute approximate surface area is 171 Å². The van der Waals surface area contributed by atoms with Gasteiger partial charge in [0.2, 0.25) is 5.95 Å². The van der Waals surface area contributed by atoms with E-state index in [9.17, 15) is 9.18 Å². The van der Waals surface area contributed by atoms with Crippen molar-refractivity contribution < 1.29 is 9.18 Å². The van der Waals surface area contributed by atoms with E-state index >= 15 is 0 Å². The summed E-state index contributed by atoms with van der Waals surface area (Å²) in [5, 5.41) is 0. The van der Waals surface area contributed by atoms with Crippen LogP contribution in [0.2, 0.25) is 0 Å². The molecule has 1 amide bonds. The summed E-state index contributed by atoms with van der Waals surface area (Å²) < 4.78 is 14.0. The number of halogens is 1. The van der Waals surface area contributed by atoms with Gasteiger partial charge in [-0.1, -0.05) is 19.1 Å². The summed E-state index contributed by atoms with van der Waals surface area (Å²) in [5.74, 6) is 0.970. The number of carbonyl (C=O) groups is 1. The number of aryl methyl sites for hydroxylation is 1. The van der Waals surface area contributed by atoms with Crippen LogP contribution in [0.1, 0.15) is 35.9 Å². The second kappa shape index (κ2) is 8.35. The van der Waals surface area contributed by atoms with E-state index in [0.717, 1.165) is 25.2 Å². The molecule has 7 heteroatoms. The number of carbonyl (C=O) groups excluding carboxylic acids is 1. The number of aromatic nitrogens is 2. The van der Waals surface area contributed by atoms with Crippen LogP contribution in [0.4, 0.5) is 16.0 Å². The lowest BCUT2D eigenvalue weighted by atomic mass is 10.0. The molecular weight excluding hydrogens is 369 g/mol. The third-order valence-electron chi connectivity index (χ3n) is 5.76. The lowest BCUT2D eigenvalue weighted by Gasteiger charge is -2.36. The molecule has 2 aliphatic heterocycles. The zero-order valence-electron chi connectivity index (χ0n) is 17.1. The number of rotatable bonds is 3. The molecule has 0 N–H and O–H groups in total. The van der Waals surface area contributed by atoms with Crippen LogP contribution in [0.5, 0.6) is 0 Å². The summed E-state index contributed by atoms with van der Waals surface area (Å²) in [6, 6.07) is 8.55. The molecule has 6 nitrogen and oxygen atoms in total. The van der Waals surface area contributed by atoms with E-state index in [1.165, 1.54) is 12.5 Å². The summed E-state index contributed by atoms with van der Waals surface area (Å²) in [6.07, 6.45) is 2.35. The minimum Gasteiger partial charge on any atom is -0.366 e. The van der Waals surface area contributed by atoms with Crippen molar-refractivity contribution in [3.05, 3.63) is 47.5 Å². The predicted octanol–water partition coefficient (Wildman–Crippen LogP) is 3.12. The van der Waals surface area contributed by atoms with E-state index in [1.807, 2.05) is 22.8 Å². The maximum atomic E-state index is 14.0. The minimum atomic E-state index is -0.223. The van der Waals surface area contributed by atoms with Crippen molar-refractivity contribution in [2.75, 3.05) is 49.1 Å². The van der Waals surface area contributed by atoms with Crippen molar-refractivity contribution in [1.82, 2.24) is 14.9 Å². The highest BCUT2D eigenvalue weighted by Crippen LogP contribution is 2.23. The average Bonchev–Trinajstić information content (AvgIpc) is 2.73. The number of piperidine rings is 1. The zero-order valence-corrected chi connectivity index (χ0v) is 17.1. The summed E-state index contributed by atoms with van der Waals surface area (Å²) in [5.41, 5.74) is 1.85. The van der Waals surface area contributed by atoms with Crippen LogP contribution in [0.15, 0.2) is 30.3 Å². The topological polar surface area (TPSA) is 52.6 Å². The summed E-state index contributed by atoms with van der Waals surface area (Å²) in [6.45, 7) is 8.31. The fourth-order valence-electron chi connectivity index (χ4n) is 4.20. The van der Waals surface area contributed by atoms with E-state index in [0.29, 0.717) is 49.4 Å². The van der Waals surface area contributed by atoms with Gasteiger partial charge in [-0.3, -0.25) is 4.79 Å². The molecule has 2 aliphatic rings. The van der Waals surface area contributed by atoms with Crippen molar-refractivity contribution in [2.24, 2.45) is 5.92 Å². The summed E-state index contributed by atoms with van der Waals surface area (Å²) >= 11 is 0. The molecule has 2 aromatic rings. The first-order valence-electron chi connectivity index (χ1n) is 10.4. The number of anilines is 2. The third-order valence-corrected chi connectivity index (χ3v) is 5.76. The van der Waals surface area contributed by atoms with E-state index in [1.54, 1.807) is 18.2 Å². The standard InChI is InChI=1S/C22H28FN5O/c1-16-6-5-9-28(15-16)22-24-17(2)14-19(25-22)21(29)27-12-10-26(11-13-27)20-8-4-3-7-18(20)23/h3-4,7-8,14,16H,5-6,9-13,15H2,1-2H3. The van der Waals surface area contributed by atoms with Crippen LogP contribution in [0.3, 0.4) is 0 Å². The molecule has 2 fully saturated rings. The SMILES string of the molecule is Cc1cc(C(=O)N2CCN(c3ccccc3F)CC2)nc(N2CCCC(C)C2)n1. The first-order valence-corrected chi connectivity index (χ1v) is 10.4. The number of amides is 1. The van der Waals surface area contributed by atoms with Gasteiger partial charge >= 0.3 is 0 Å². The molecule has 29 heavy (non-hydrogen) atoms. The molecule has 2 saturated heterocycles. The van der Waals surface area contributed by atoms with Crippen molar-refractivity contribution in [1.29, 1.82) is 0 Å². The molecule has 0 spiro atoms. The molecule has 0 aliphatic carbocycles. The Balaban J connectivity index is 1.45. The first kappa shape index (κ1) is 19.6. The van der Waals surface area contributed by atoms with Crippen molar-refractivity contribution in [3.63, 3.8) is 0 Å². The van der Waals surface area contributed by atoms with Gasteiger partial charge < -0.3 is 14.7 Å². The first-order chi connectivity index (χ1) is 14.0. The Morgan fingerprint density at radius 2 is 1.83 bits per heavy atom. The molecule has 1 aromatic carbocycles. The average molecular weight is 397 g/mol. The lowest BCUT2D eigenvalue weighted by molar-refractivity contribution is 0.0740. The molecule has 3 heterocycles. The Kier molecular flexibility index (Phi) is 5.65. The maximum Gasteiger partial charge on any atom is 0.272 e. The number of piperazine rings is 1. The van der Waals surface area contributed by atoms with Crippen LogP contribution in [-0.2, 0) is 0 Å². The van der Waals surface area contributed by atoms with Crippen LogP contribution < -0.4 is 9.80 Å². The molecule has 0 radical (unpaired) electrons. The van der Waals surface area contributed by atoms with Gasteiger partial charge in [0.25, 0.3) is 5.91 Å². The molecule has 4 rings (SSSR count). The normalized spacial score (nSPS) is 20.1. The van der Waals surface area contributed by atoms with Crippen LogP contribution in [0.25, 0.3) is 0 Å². The predicted molar refractivity (Wildman–Crippen MR) is 112 cm³/mol. The van der Waals surface area contributed by atoms with Gasteiger partial charge in [-0.15, -0.1) is 0 Å². The highest BCUT2D eigenvalue weighted by Gasteiger charge is 2.26. The summed E-state index contributed by atoms with van der Waals surface area (Å²) in [7, 11) is 0. The smallest absolute Gasteiger partial charge is 0.272 e. The van der Waals surface area contributed by atoms with Gasteiger partial charge in [0, 0.05) is 45.0 Å². The number of benzene rings is 1. The quantitative estimate of drug-likeness (QED) is 0.797. The van der Waals surface area contributed by atoms with E-state index in [2.05, 4.69) is 21.8 Å². The van der Waals surface area contributed by atoms with Crippen molar-refractivity contribution in [2.45, 2.75) is 26.7 Å². The van der Waals surface area contributed by atoms with Gasteiger partial charge in [-0.25, -0.2) is 14.4 Å². The number of hydrogen-bond donors (Lipinski definition) is 0. The number of nitrogens with zero attached hydrogens (tertiary/aromatic N) is 5. The maximum absolute atomic E-state index is 14.0. The van der Waals surface area contributed by atoms with Crippen molar-refractivity contribution in [3.8, 4) is 0 Å². The van der Waals surface area contributed by atoms with Gasteiger partial charge in [0.15, 0.2) is 0 Å². The second-order valence-electron chi connectivity index (χ2n) is 8.12. The minimum absolute atomic E-state index is 0.0741. The zero-order chi connectivity index (χ0) is 20.4. The van der Waals surface area contributed by atoms with E-state index in [-0.39, 0.29) is 11.7 Å². The Morgan fingerprint density at radius 1 is 1.07 bits per heavy atom. The summed E-state index contributed by atoms with van der Waals surface area (Å²) in [4.78, 5) is 28.3. The lowest BCUT2D eigenvalue weighted by Crippen LogP contribution is -2.49. The van der Waals surface area contributed by atoms with Gasteiger partial charge in [-0.2, -0.15) is 0 Å². The molecule has 1 atom stereocenters. The van der Waals surface area contributed by atoms with Gasteiger partial charge in [-0.05, 0) is 43.9 Å². The highest BCUT2D eigenvalue weighted by atomic mass is 19.1. The van der Waals surface area contributed by atoms with E-state index < -0.39 is 0 Å². The second-order valence-corrected chi connectivity index (χ2v) is 8.12. The van der Waals surface area contributed by atoms with Crippen LogP contribution >= 0.6 is 0 Å². The monoisotopic (exact) mass is 397 g/mol. The van der Waals surface area contributed by atoms with Crippen LogP contribution in [-0.4, -0.2) is 60.0 Å². The molecule has 0 saturated carbocycles. The molecule has 1 unspecified atom stereocenters. The Morgan fingerprint density at radius 3 is 2.55 bits per heavy atom. The highest BCUT2D eigenvalue weighted by molar-refractivity contribution is 5.93. The largest absolute Gasteiger partial charge is 0.366 e. The molecule has 0 bridgehead atoms. The number of para-hydroxylation sites is 1. The fourth-order valence-corrected chi connectivity index (χ4v) is 4.20. The molecule has 154 valence electrons. The van der Waals surface area contributed by atoms with Gasteiger partial charge in [0.1, 0.15) is 11.5 Å². The molecular formula is C22H28FN5O. The van der Waals surface area contributed by atoms with E-state index in [4.69, 9.17) is 0 Å². The molecule has 1 aromatic heterocycles. The van der Waals surface area contributed by atoms with Crippen molar-refractivity contribution >= 4 is 17.5 Å². The Hall–Kier alpha value is -2.70. The fraction of sp³-hybridized carbons (Fsp3) is 0.500. The Bertz CT molecular complexity index is 881. The number of hydrogen-bond acceptors (Lipinski definition) is 5. The van der Waals surface area contributed by atoms with Gasteiger partial charge in [0.05, 0.1) is 5.69 Å². The van der Waals surface area contributed by atoms with Crippen LogP contribution in [0, 0.1) is 18.7 Å². The third kappa shape index (κ3) is 4.33.